The summed E-state index contributed by atoms with van der Waals surface area (Å²) in [4.78, 5) is 19.1. The molecule has 0 aliphatic carbocycles. The number of fused-ring (bicyclic) bond motifs is 1. The van der Waals surface area contributed by atoms with Crippen LogP contribution in [0.4, 0.5) is 0 Å². The van der Waals surface area contributed by atoms with E-state index in [9.17, 15) is 4.79 Å². The van der Waals surface area contributed by atoms with E-state index in [1.807, 2.05) is 25.6 Å². The standard InChI is InChI=1S/C8H10N4O/c1-5-10-6-7(13)9-4-11(2)8(6)12(5)3/h4H,1-3H3. The molecule has 0 unspecified atom stereocenters. The minimum absolute atomic E-state index is 0.267. The van der Waals surface area contributed by atoms with Crippen molar-refractivity contribution >= 4 is 11.2 Å². The summed E-state index contributed by atoms with van der Waals surface area (Å²) < 4.78 is 3.66. The van der Waals surface area contributed by atoms with E-state index in [1.54, 1.807) is 4.57 Å². The third kappa shape index (κ3) is 0.965. The van der Waals surface area contributed by atoms with Crippen molar-refractivity contribution in [3.8, 4) is 0 Å². The molecule has 0 radical (unpaired) electrons. The Bertz CT molecular complexity index is 523. The van der Waals surface area contributed by atoms with Gasteiger partial charge in [0.2, 0.25) is 0 Å². The summed E-state index contributed by atoms with van der Waals surface area (Å²) >= 11 is 0. The van der Waals surface area contributed by atoms with Gasteiger partial charge in [0.1, 0.15) is 17.8 Å². The van der Waals surface area contributed by atoms with Crippen LogP contribution in [0.25, 0.3) is 11.2 Å². The van der Waals surface area contributed by atoms with Gasteiger partial charge in [-0.1, -0.05) is 0 Å². The van der Waals surface area contributed by atoms with Gasteiger partial charge in [0.05, 0.1) is 0 Å². The number of hydrogen-bond acceptors (Lipinski definition) is 3. The third-order valence-corrected chi connectivity index (χ3v) is 2.17. The van der Waals surface area contributed by atoms with E-state index >= 15 is 0 Å². The molecule has 2 rings (SSSR count). The van der Waals surface area contributed by atoms with Crippen LogP contribution in [-0.2, 0) is 14.1 Å². The van der Waals surface area contributed by atoms with Crippen LogP contribution < -0.4 is 5.56 Å². The predicted octanol–water partition coefficient (Wildman–Crippen LogP) is -0.0246. The van der Waals surface area contributed by atoms with Crippen molar-refractivity contribution < 1.29 is 0 Å². The van der Waals surface area contributed by atoms with Crippen LogP contribution in [-0.4, -0.2) is 19.1 Å². The van der Waals surface area contributed by atoms with Crippen molar-refractivity contribution in [2.24, 2.45) is 14.1 Å². The molecule has 5 nitrogen and oxygen atoms in total. The summed E-state index contributed by atoms with van der Waals surface area (Å²) in [5, 5.41) is 0. The molecule has 0 fully saturated rings. The van der Waals surface area contributed by atoms with Crippen molar-refractivity contribution in [2.45, 2.75) is 6.92 Å². The fraction of sp³-hybridized carbons (Fsp3) is 0.375. The largest absolute Gasteiger partial charge is 0.320 e. The summed E-state index contributed by atoms with van der Waals surface area (Å²) in [5.41, 5.74) is 0.972. The van der Waals surface area contributed by atoms with E-state index in [-0.39, 0.29) is 5.56 Å². The van der Waals surface area contributed by atoms with E-state index in [1.165, 1.54) is 6.33 Å². The second-order valence-electron chi connectivity index (χ2n) is 3.05. The molecule has 68 valence electrons. The second kappa shape index (κ2) is 2.42. The number of aromatic nitrogens is 4. The van der Waals surface area contributed by atoms with Crippen molar-refractivity contribution in [2.75, 3.05) is 0 Å². The van der Waals surface area contributed by atoms with Gasteiger partial charge < -0.3 is 9.13 Å². The highest BCUT2D eigenvalue weighted by Crippen LogP contribution is 2.07. The number of aryl methyl sites for hydroxylation is 3. The quantitative estimate of drug-likeness (QED) is 0.569. The normalized spacial score (nSPS) is 11.0. The molecule has 5 heteroatoms. The van der Waals surface area contributed by atoms with Gasteiger partial charge >= 0.3 is 5.56 Å². The lowest BCUT2D eigenvalue weighted by molar-refractivity contribution is 0.810. The Hall–Kier alpha value is -1.65. The zero-order valence-corrected chi connectivity index (χ0v) is 7.77. The van der Waals surface area contributed by atoms with Gasteiger partial charge in [-0.15, -0.1) is 0 Å². The van der Waals surface area contributed by atoms with Crippen LogP contribution >= 0.6 is 0 Å². The minimum Gasteiger partial charge on any atom is -0.320 e. The summed E-state index contributed by atoms with van der Waals surface area (Å²) in [6.07, 6.45) is 1.51. The molecule has 0 aliphatic heterocycles. The van der Waals surface area contributed by atoms with E-state index in [2.05, 4.69) is 9.97 Å². The van der Waals surface area contributed by atoms with E-state index in [4.69, 9.17) is 0 Å². The fourth-order valence-corrected chi connectivity index (χ4v) is 1.40. The SMILES string of the molecule is Cc1nc2c(=O)ncn(C)c2n1C. The summed E-state index contributed by atoms with van der Waals surface area (Å²) in [7, 11) is 3.72. The predicted molar refractivity (Wildman–Crippen MR) is 48.5 cm³/mol. The van der Waals surface area contributed by atoms with Crippen LogP contribution in [0.2, 0.25) is 0 Å². The maximum absolute atomic E-state index is 11.3. The summed E-state index contributed by atoms with van der Waals surface area (Å²) in [5.74, 6) is 0.815. The van der Waals surface area contributed by atoms with Gasteiger partial charge in [-0.3, -0.25) is 4.79 Å². The zero-order valence-electron chi connectivity index (χ0n) is 7.77. The summed E-state index contributed by atoms with van der Waals surface area (Å²) in [6.45, 7) is 1.86. The smallest absolute Gasteiger partial charge is 0.300 e. The van der Waals surface area contributed by atoms with Crippen molar-refractivity contribution in [1.82, 2.24) is 19.1 Å². The molecule has 0 atom stereocenters. The van der Waals surface area contributed by atoms with E-state index in [0.29, 0.717) is 5.52 Å². The number of nitrogens with zero attached hydrogens (tertiary/aromatic N) is 4. The lowest BCUT2D eigenvalue weighted by Crippen LogP contribution is -2.11. The molecule has 2 heterocycles. The van der Waals surface area contributed by atoms with Crippen LogP contribution in [0.15, 0.2) is 11.1 Å². The maximum atomic E-state index is 11.3. The Balaban J connectivity index is 3.09. The van der Waals surface area contributed by atoms with Gasteiger partial charge in [0, 0.05) is 14.1 Å². The minimum atomic E-state index is -0.267. The highest BCUT2D eigenvalue weighted by atomic mass is 16.1. The van der Waals surface area contributed by atoms with Crippen LogP contribution in [0.3, 0.4) is 0 Å². The molecule has 0 N–H and O–H groups in total. The molecule has 0 bridgehead atoms. The van der Waals surface area contributed by atoms with Crippen LogP contribution in [0.1, 0.15) is 5.82 Å². The highest BCUT2D eigenvalue weighted by molar-refractivity contribution is 5.70. The van der Waals surface area contributed by atoms with Crippen molar-refractivity contribution in [3.05, 3.63) is 22.5 Å². The molecule has 0 amide bonds. The Morgan fingerprint density at radius 1 is 1.38 bits per heavy atom. The van der Waals surface area contributed by atoms with E-state index in [0.717, 1.165) is 11.5 Å². The van der Waals surface area contributed by atoms with Crippen molar-refractivity contribution in [1.29, 1.82) is 0 Å². The van der Waals surface area contributed by atoms with Gasteiger partial charge in [0.25, 0.3) is 0 Å². The topological polar surface area (TPSA) is 52.7 Å². The number of rotatable bonds is 0. The molecule has 2 aromatic heterocycles. The molecular weight excluding hydrogens is 168 g/mol. The maximum Gasteiger partial charge on any atom is 0.300 e. The monoisotopic (exact) mass is 178 g/mol. The second-order valence-corrected chi connectivity index (χ2v) is 3.05. The lowest BCUT2D eigenvalue weighted by Gasteiger charge is -2.01. The summed E-state index contributed by atoms with van der Waals surface area (Å²) in [6, 6.07) is 0. The average Bonchev–Trinajstić information content (AvgIpc) is 2.38. The number of hydrogen-bond donors (Lipinski definition) is 0. The first-order valence-corrected chi connectivity index (χ1v) is 3.96. The zero-order chi connectivity index (χ0) is 9.59. The molecule has 0 aliphatic rings. The Labute approximate surface area is 74.7 Å². The number of imidazole rings is 1. The molecular formula is C8H10N4O. The molecule has 0 aromatic carbocycles. The van der Waals surface area contributed by atoms with Gasteiger partial charge in [-0.25, -0.2) is 4.98 Å². The first-order valence-electron chi connectivity index (χ1n) is 3.96. The molecule has 0 saturated carbocycles. The molecule has 0 spiro atoms. The Kier molecular flexibility index (Phi) is 1.48. The Morgan fingerprint density at radius 2 is 2.08 bits per heavy atom. The van der Waals surface area contributed by atoms with Crippen molar-refractivity contribution in [3.63, 3.8) is 0 Å². The Morgan fingerprint density at radius 3 is 2.69 bits per heavy atom. The average molecular weight is 178 g/mol. The molecule has 0 saturated heterocycles. The van der Waals surface area contributed by atoms with Crippen LogP contribution in [0, 0.1) is 6.92 Å². The first kappa shape index (κ1) is 7.97. The first-order chi connectivity index (χ1) is 6.11. The molecule has 13 heavy (non-hydrogen) atoms. The van der Waals surface area contributed by atoms with Gasteiger partial charge in [-0.05, 0) is 6.92 Å². The molecule has 2 aromatic rings. The van der Waals surface area contributed by atoms with E-state index < -0.39 is 0 Å². The lowest BCUT2D eigenvalue weighted by atomic mass is 10.5. The van der Waals surface area contributed by atoms with Crippen LogP contribution in [0.5, 0.6) is 0 Å². The fourth-order valence-electron chi connectivity index (χ4n) is 1.40. The van der Waals surface area contributed by atoms with Gasteiger partial charge in [0.15, 0.2) is 5.52 Å². The van der Waals surface area contributed by atoms with Gasteiger partial charge in [-0.2, -0.15) is 4.98 Å². The highest BCUT2D eigenvalue weighted by Gasteiger charge is 2.09. The third-order valence-electron chi connectivity index (χ3n) is 2.17.